The van der Waals surface area contributed by atoms with Gasteiger partial charge in [-0.15, -0.1) is 5.10 Å². The Morgan fingerprint density at radius 1 is 1.50 bits per heavy atom. The summed E-state index contributed by atoms with van der Waals surface area (Å²) >= 11 is 1.05. The molecule has 0 aliphatic heterocycles. The van der Waals surface area contributed by atoms with Crippen molar-refractivity contribution in [2.24, 2.45) is 0 Å². The molecule has 1 heterocycles. The first-order chi connectivity index (χ1) is 7.66. The number of aromatic nitrogens is 2. The van der Waals surface area contributed by atoms with Gasteiger partial charge in [-0.05, 0) is 18.2 Å². The first kappa shape index (κ1) is 10.5. The lowest BCUT2D eigenvalue weighted by Gasteiger charge is -2.03. The molecule has 3 N–H and O–H groups in total. The molecule has 5 nitrogen and oxygen atoms in total. The molecule has 16 heavy (non-hydrogen) atoms. The molecule has 0 aliphatic carbocycles. The molecule has 0 saturated carbocycles. The highest BCUT2D eigenvalue weighted by molar-refractivity contribution is 7.10. The molecule has 0 radical (unpaired) electrons. The number of halogens is 1. The van der Waals surface area contributed by atoms with Gasteiger partial charge < -0.3 is 11.1 Å². The summed E-state index contributed by atoms with van der Waals surface area (Å²) < 4.78 is 16.5. The Morgan fingerprint density at radius 2 is 2.31 bits per heavy atom. The Hall–Kier alpha value is -2.02. The number of anilines is 2. The molecular formula is C9H7FN4OS. The second kappa shape index (κ2) is 4.23. The number of nitrogens with one attached hydrogen (secondary N) is 1. The lowest BCUT2D eigenvalue weighted by molar-refractivity contribution is 0.102. The summed E-state index contributed by atoms with van der Waals surface area (Å²) in [5.74, 6) is -0.922. The summed E-state index contributed by atoms with van der Waals surface area (Å²) in [7, 11) is 0. The van der Waals surface area contributed by atoms with E-state index in [0.717, 1.165) is 17.6 Å². The number of benzene rings is 1. The maximum atomic E-state index is 12.9. The van der Waals surface area contributed by atoms with Crippen molar-refractivity contribution < 1.29 is 9.18 Å². The Kier molecular flexibility index (Phi) is 2.78. The molecule has 0 bridgehead atoms. The highest BCUT2D eigenvalue weighted by Gasteiger charge is 2.09. The Labute approximate surface area is 94.3 Å². The van der Waals surface area contributed by atoms with Crippen LogP contribution in [0, 0.1) is 5.82 Å². The number of carbonyl (C=O) groups excluding carboxylic acids is 1. The van der Waals surface area contributed by atoms with Crippen molar-refractivity contribution >= 4 is 28.1 Å². The summed E-state index contributed by atoms with van der Waals surface area (Å²) in [6.45, 7) is 0. The molecule has 0 fully saturated rings. The monoisotopic (exact) mass is 238 g/mol. The number of nitrogen functional groups attached to an aromatic ring is 1. The molecule has 0 saturated heterocycles. The summed E-state index contributed by atoms with van der Waals surface area (Å²) in [5.41, 5.74) is 5.58. The number of nitrogens with two attached hydrogens (primary N) is 1. The van der Waals surface area contributed by atoms with Crippen LogP contribution in [0.4, 0.5) is 15.1 Å². The molecule has 0 spiro atoms. The summed E-state index contributed by atoms with van der Waals surface area (Å²) in [6.07, 6.45) is 1.43. The minimum atomic E-state index is -0.545. The van der Waals surface area contributed by atoms with Crippen LogP contribution < -0.4 is 11.1 Å². The molecule has 0 aliphatic rings. The normalized spacial score (nSPS) is 10.1. The van der Waals surface area contributed by atoms with Crippen molar-refractivity contribution in [2.75, 3.05) is 11.1 Å². The van der Waals surface area contributed by atoms with Crippen molar-refractivity contribution in [2.45, 2.75) is 0 Å². The molecule has 2 aromatic rings. The van der Waals surface area contributed by atoms with Gasteiger partial charge in [0.2, 0.25) is 0 Å². The highest BCUT2D eigenvalue weighted by Crippen LogP contribution is 2.15. The predicted octanol–water partition coefficient (Wildman–Crippen LogP) is 1.51. The molecule has 0 atom stereocenters. The van der Waals surface area contributed by atoms with Gasteiger partial charge in [-0.1, -0.05) is 4.49 Å². The third kappa shape index (κ3) is 2.14. The summed E-state index contributed by atoms with van der Waals surface area (Å²) in [5, 5.41) is 6.65. The van der Waals surface area contributed by atoms with Crippen LogP contribution in [0.25, 0.3) is 0 Å². The molecule has 0 unspecified atom stereocenters. The van der Waals surface area contributed by atoms with Crippen LogP contribution in [0.3, 0.4) is 0 Å². The minimum absolute atomic E-state index is 0.0601. The van der Waals surface area contributed by atoms with E-state index in [4.69, 9.17) is 5.73 Å². The van der Waals surface area contributed by atoms with E-state index in [2.05, 4.69) is 14.9 Å². The van der Waals surface area contributed by atoms with Crippen LogP contribution in [0.15, 0.2) is 24.4 Å². The SMILES string of the molecule is Nc1cc(C(=O)Nc2cnns2)ccc1F. The molecule has 1 aromatic carbocycles. The van der Waals surface area contributed by atoms with Gasteiger partial charge in [-0.3, -0.25) is 4.79 Å². The van der Waals surface area contributed by atoms with E-state index in [-0.39, 0.29) is 17.2 Å². The highest BCUT2D eigenvalue weighted by atomic mass is 32.1. The van der Waals surface area contributed by atoms with Gasteiger partial charge in [0.05, 0.1) is 11.9 Å². The van der Waals surface area contributed by atoms with Crippen molar-refractivity contribution in [3.63, 3.8) is 0 Å². The lowest BCUT2D eigenvalue weighted by Crippen LogP contribution is -2.11. The van der Waals surface area contributed by atoms with Gasteiger partial charge in [0.25, 0.3) is 5.91 Å². The second-order valence-electron chi connectivity index (χ2n) is 2.97. The number of carbonyl (C=O) groups is 1. The van der Waals surface area contributed by atoms with Crippen LogP contribution in [-0.4, -0.2) is 15.5 Å². The number of hydrogen-bond donors (Lipinski definition) is 2. The third-order valence-corrected chi connectivity index (χ3v) is 2.44. The Bertz CT molecular complexity index is 514. The van der Waals surface area contributed by atoms with Crippen LogP contribution >= 0.6 is 11.5 Å². The molecule has 1 aromatic heterocycles. The van der Waals surface area contributed by atoms with E-state index in [1.807, 2.05) is 0 Å². The molecule has 1 amide bonds. The maximum absolute atomic E-state index is 12.9. The van der Waals surface area contributed by atoms with E-state index < -0.39 is 5.82 Å². The average Bonchev–Trinajstić information content (AvgIpc) is 2.74. The van der Waals surface area contributed by atoms with Crippen molar-refractivity contribution in [1.29, 1.82) is 0 Å². The van der Waals surface area contributed by atoms with Crippen LogP contribution in [0.2, 0.25) is 0 Å². The molecule has 82 valence electrons. The van der Waals surface area contributed by atoms with Crippen LogP contribution in [0.1, 0.15) is 10.4 Å². The van der Waals surface area contributed by atoms with E-state index >= 15 is 0 Å². The number of rotatable bonds is 2. The maximum Gasteiger partial charge on any atom is 0.256 e. The van der Waals surface area contributed by atoms with Gasteiger partial charge in [-0.25, -0.2) is 4.39 Å². The molecular weight excluding hydrogens is 231 g/mol. The summed E-state index contributed by atoms with van der Waals surface area (Å²) in [4.78, 5) is 11.6. The lowest BCUT2D eigenvalue weighted by atomic mass is 10.2. The van der Waals surface area contributed by atoms with Crippen LogP contribution in [0.5, 0.6) is 0 Å². The van der Waals surface area contributed by atoms with Gasteiger partial charge in [0.1, 0.15) is 10.8 Å². The van der Waals surface area contributed by atoms with Gasteiger partial charge in [0.15, 0.2) is 0 Å². The quantitative estimate of drug-likeness (QED) is 0.777. The Morgan fingerprint density at radius 3 is 2.94 bits per heavy atom. The number of amides is 1. The predicted molar refractivity (Wildman–Crippen MR) is 58.7 cm³/mol. The zero-order chi connectivity index (χ0) is 11.5. The fourth-order valence-electron chi connectivity index (χ4n) is 1.09. The van der Waals surface area contributed by atoms with Gasteiger partial charge >= 0.3 is 0 Å². The number of hydrogen-bond acceptors (Lipinski definition) is 5. The number of nitrogens with zero attached hydrogens (tertiary/aromatic N) is 2. The first-order valence-electron chi connectivity index (χ1n) is 4.30. The van der Waals surface area contributed by atoms with E-state index in [1.54, 1.807) is 0 Å². The second-order valence-corrected chi connectivity index (χ2v) is 3.76. The zero-order valence-electron chi connectivity index (χ0n) is 7.98. The zero-order valence-corrected chi connectivity index (χ0v) is 8.79. The van der Waals surface area contributed by atoms with Gasteiger partial charge in [-0.2, -0.15) is 0 Å². The van der Waals surface area contributed by atoms with E-state index in [9.17, 15) is 9.18 Å². The van der Waals surface area contributed by atoms with Gasteiger partial charge in [0, 0.05) is 17.1 Å². The van der Waals surface area contributed by atoms with E-state index in [0.29, 0.717) is 5.00 Å². The third-order valence-electron chi connectivity index (χ3n) is 1.86. The fourth-order valence-corrected chi connectivity index (χ4v) is 1.51. The molecule has 7 heteroatoms. The summed E-state index contributed by atoms with van der Waals surface area (Å²) in [6, 6.07) is 3.78. The van der Waals surface area contributed by atoms with Crippen molar-refractivity contribution in [1.82, 2.24) is 9.59 Å². The Balaban J connectivity index is 2.18. The topological polar surface area (TPSA) is 80.9 Å². The van der Waals surface area contributed by atoms with Crippen molar-refractivity contribution in [3.8, 4) is 0 Å². The van der Waals surface area contributed by atoms with Crippen molar-refractivity contribution in [3.05, 3.63) is 35.8 Å². The standard InChI is InChI=1S/C9H7FN4OS/c10-6-2-1-5(3-7(6)11)9(15)13-8-4-12-14-16-8/h1-4H,11H2,(H,13,15). The average molecular weight is 238 g/mol. The molecule has 2 rings (SSSR count). The minimum Gasteiger partial charge on any atom is -0.396 e. The van der Waals surface area contributed by atoms with Crippen LogP contribution in [-0.2, 0) is 0 Å². The van der Waals surface area contributed by atoms with E-state index in [1.165, 1.54) is 18.3 Å². The fraction of sp³-hybridized carbons (Fsp3) is 0. The first-order valence-corrected chi connectivity index (χ1v) is 5.08. The largest absolute Gasteiger partial charge is 0.396 e. The smallest absolute Gasteiger partial charge is 0.256 e.